The third-order valence-corrected chi connectivity index (χ3v) is 11.5. The van der Waals surface area contributed by atoms with Gasteiger partial charge in [0, 0.05) is 24.5 Å². The average Bonchev–Trinajstić information content (AvgIpc) is 3.69. The summed E-state index contributed by atoms with van der Waals surface area (Å²) in [6.07, 6.45) is 2.45. The van der Waals surface area contributed by atoms with E-state index < -0.39 is 68.1 Å². The van der Waals surface area contributed by atoms with Crippen molar-refractivity contribution in [3.8, 4) is 5.69 Å². The lowest BCUT2D eigenvalue weighted by atomic mass is 9.60. The minimum Gasteiger partial charge on any atom is -0.291 e. The number of ketones is 1. The van der Waals surface area contributed by atoms with Crippen molar-refractivity contribution in [2.24, 2.45) is 5.41 Å². The molecule has 9 nitrogen and oxygen atoms in total. The number of hydrogen-bond acceptors (Lipinski definition) is 6. The van der Waals surface area contributed by atoms with Gasteiger partial charge in [-0.05, 0) is 92.6 Å². The number of hydrogen-bond donors (Lipinski definition) is 0. The number of allylic oxidation sites excluding steroid dienone is 1. The lowest BCUT2D eigenvalue weighted by Crippen LogP contribution is -2.55. The molecule has 0 N–H and O–H groups in total. The SMILES string of the molecule is O=C(c1cc(C(F)(F)F)ccn1)[C@]12Cc3cnn(-c4ccc(F)cc4)c3C=C1CC[C@H](N(C1CCC1)S(=O)(=O)c1ccn(C(F)F)n1)C2. The van der Waals surface area contributed by atoms with Crippen LogP contribution in [0.4, 0.5) is 26.3 Å². The zero-order chi connectivity index (χ0) is 34.0. The van der Waals surface area contributed by atoms with Crippen molar-refractivity contribution in [3.63, 3.8) is 0 Å². The second-order valence-electron chi connectivity index (χ2n) is 12.4. The fourth-order valence-electron chi connectivity index (χ4n) is 7.07. The molecule has 2 atom stereocenters. The fraction of sp³-hybridized carbons (Fsp3) is 0.375. The van der Waals surface area contributed by atoms with Gasteiger partial charge in [0.1, 0.15) is 11.5 Å². The van der Waals surface area contributed by atoms with E-state index in [1.165, 1.54) is 34.8 Å². The van der Waals surface area contributed by atoms with Crippen LogP contribution in [0.3, 0.4) is 0 Å². The predicted octanol–water partition coefficient (Wildman–Crippen LogP) is 6.62. The maximum Gasteiger partial charge on any atom is 0.416 e. The van der Waals surface area contributed by atoms with E-state index in [2.05, 4.69) is 15.2 Å². The Hall–Kier alpha value is -4.31. The van der Waals surface area contributed by atoms with Crippen molar-refractivity contribution in [3.05, 3.63) is 95.0 Å². The molecule has 3 heterocycles. The Bertz CT molecular complexity index is 2020. The minimum atomic E-state index is -4.74. The van der Waals surface area contributed by atoms with E-state index >= 15 is 0 Å². The Morgan fingerprint density at radius 3 is 2.44 bits per heavy atom. The number of Topliss-reactive ketones (excluding diaryl/α,β-unsaturated/α-hetero) is 1. The normalized spacial score (nSPS) is 21.5. The van der Waals surface area contributed by atoms with Crippen LogP contribution in [0, 0.1) is 11.2 Å². The molecule has 0 radical (unpaired) electrons. The molecular formula is C32H28F6N6O3S. The van der Waals surface area contributed by atoms with Crippen LogP contribution in [-0.4, -0.2) is 55.1 Å². The number of aromatic nitrogens is 5. The summed E-state index contributed by atoms with van der Waals surface area (Å²) in [4.78, 5) is 18.6. The number of benzene rings is 1. The van der Waals surface area contributed by atoms with Crippen LogP contribution in [0.2, 0.25) is 0 Å². The standard InChI is InChI=1S/C32H28F6N6O3S/c33-22-5-8-23(9-6-22)43-27-15-20-4-7-25(44(24-2-1-3-24)48(46,47)28-11-13-42(41-28)30(34)35)17-31(20,16-19(27)18-40-43)29(45)26-14-21(10-12-39-26)32(36,37)38/h5-6,8-15,18,24-25,30H,1-4,7,16-17H2/t25-,31-/m0/s1. The van der Waals surface area contributed by atoms with Gasteiger partial charge in [0.15, 0.2) is 10.8 Å². The van der Waals surface area contributed by atoms with Gasteiger partial charge in [-0.2, -0.15) is 36.5 Å². The number of halogens is 6. The van der Waals surface area contributed by atoms with Crippen LogP contribution in [0.25, 0.3) is 11.8 Å². The number of pyridine rings is 1. The molecule has 2 saturated carbocycles. The molecule has 1 aromatic carbocycles. The Balaban J connectivity index is 1.33. The topological polar surface area (TPSA) is 103 Å². The van der Waals surface area contributed by atoms with Crippen LogP contribution in [0.5, 0.6) is 0 Å². The zero-order valence-corrected chi connectivity index (χ0v) is 25.9. The second-order valence-corrected chi connectivity index (χ2v) is 14.1. The van der Waals surface area contributed by atoms with Crippen LogP contribution < -0.4 is 0 Å². The van der Waals surface area contributed by atoms with Crippen LogP contribution >= 0.6 is 0 Å². The summed E-state index contributed by atoms with van der Waals surface area (Å²) in [5.41, 5.74) is -0.652. The summed E-state index contributed by atoms with van der Waals surface area (Å²) in [5, 5.41) is 7.53. The smallest absolute Gasteiger partial charge is 0.291 e. The first-order valence-corrected chi connectivity index (χ1v) is 16.7. The molecule has 4 aromatic rings. The predicted molar refractivity (Wildman–Crippen MR) is 159 cm³/mol. The molecule has 7 rings (SSSR count). The first-order chi connectivity index (χ1) is 22.8. The van der Waals surface area contributed by atoms with E-state index in [1.807, 2.05) is 0 Å². The first-order valence-electron chi connectivity index (χ1n) is 15.3. The lowest BCUT2D eigenvalue weighted by Gasteiger charge is -2.49. The molecule has 48 heavy (non-hydrogen) atoms. The van der Waals surface area contributed by atoms with E-state index in [0.29, 0.717) is 41.4 Å². The molecule has 252 valence electrons. The van der Waals surface area contributed by atoms with Crippen molar-refractivity contribution in [2.75, 3.05) is 0 Å². The molecule has 0 saturated heterocycles. The highest BCUT2D eigenvalue weighted by atomic mass is 32.2. The number of fused-ring (bicyclic) bond motifs is 2. The number of carbonyl (C=O) groups excluding carboxylic acids is 1. The Kier molecular flexibility index (Phi) is 7.85. The second kappa shape index (κ2) is 11.7. The minimum absolute atomic E-state index is 0.0127. The quantitative estimate of drug-likeness (QED) is 0.152. The lowest BCUT2D eigenvalue weighted by molar-refractivity contribution is -0.137. The molecule has 3 aliphatic rings. The molecule has 0 unspecified atom stereocenters. The summed E-state index contributed by atoms with van der Waals surface area (Å²) in [5.74, 6) is -1.14. The maximum atomic E-state index is 14.6. The summed E-state index contributed by atoms with van der Waals surface area (Å²) in [7, 11) is -4.42. The highest BCUT2D eigenvalue weighted by molar-refractivity contribution is 7.89. The van der Waals surface area contributed by atoms with Crippen LogP contribution in [-0.2, 0) is 22.6 Å². The zero-order valence-electron chi connectivity index (χ0n) is 25.1. The van der Waals surface area contributed by atoms with Crippen molar-refractivity contribution in [1.82, 2.24) is 28.9 Å². The number of rotatable bonds is 8. The monoisotopic (exact) mass is 690 g/mol. The van der Waals surface area contributed by atoms with Crippen molar-refractivity contribution < 1.29 is 39.6 Å². The average molecular weight is 691 g/mol. The Morgan fingerprint density at radius 1 is 1.04 bits per heavy atom. The Labute approximate surface area is 270 Å². The maximum absolute atomic E-state index is 14.6. The van der Waals surface area contributed by atoms with Gasteiger partial charge >= 0.3 is 12.7 Å². The van der Waals surface area contributed by atoms with E-state index in [0.717, 1.165) is 30.9 Å². The molecule has 0 bridgehead atoms. The molecule has 3 aromatic heterocycles. The van der Waals surface area contributed by atoms with E-state index in [9.17, 15) is 39.6 Å². The van der Waals surface area contributed by atoms with E-state index in [-0.39, 0.29) is 30.4 Å². The van der Waals surface area contributed by atoms with Gasteiger partial charge in [-0.1, -0.05) is 12.0 Å². The largest absolute Gasteiger partial charge is 0.416 e. The van der Waals surface area contributed by atoms with Gasteiger partial charge in [-0.25, -0.2) is 22.2 Å². The highest BCUT2D eigenvalue weighted by Crippen LogP contribution is 2.52. The van der Waals surface area contributed by atoms with Crippen molar-refractivity contribution >= 4 is 21.9 Å². The highest BCUT2D eigenvalue weighted by Gasteiger charge is 2.53. The third kappa shape index (κ3) is 5.44. The summed E-state index contributed by atoms with van der Waals surface area (Å²) < 4.78 is 113. The number of nitrogens with zero attached hydrogens (tertiary/aromatic N) is 6. The number of alkyl halides is 5. The molecular weight excluding hydrogens is 662 g/mol. The van der Waals surface area contributed by atoms with E-state index in [4.69, 9.17) is 0 Å². The van der Waals surface area contributed by atoms with E-state index in [1.54, 1.807) is 10.8 Å². The van der Waals surface area contributed by atoms with Gasteiger partial charge in [-0.15, -0.1) is 0 Å². The summed E-state index contributed by atoms with van der Waals surface area (Å²) >= 11 is 0. The number of carbonyl (C=O) groups is 1. The molecule has 3 aliphatic carbocycles. The van der Waals surface area contributed by atoms with Crippen molar-refractivity contribution in [2.45, 2.75) is 74.8 Å². The molecule has 0 aliphatic heterocycles. The van der Waals surface area contributed by atoms with Gasteiger partial charge in [0.2, 0.25) is 0 Å². The summed E-state index contributed by atoms with van der Waals surface area (Å²) in [6, 6.07) is 6.82. The van der Waals surface area contributed by atoms with Crippen LogP contribution in [0.15, 0.2) is 71.7 Å². The van der Waals surface area contributed by atoms with Crippen molar-refractivity contribution in [1.29, 1.82) is 0 Å². The van der Waals surface area contributed by atoms with Crippen LogP contribution in [0.1, 0.15) is 72.4 Å². The van der Waals surface area contributed by atoms with Gasteiger partial charge in [-0.3, -0.25) is 9.78 Å². The van der Waals surface area contributed by atoms with Gasteiger partial charge in [0.25, 0.3) is 10.0 Å². The molecule has 0 spiro atoms. The first kappa shape index (κ1) is 32.2. The van der Waals surface area contributed by atoms with Gasteiger partial charge in [0.05, 0.1) is 28.6 Å². The Morgan fingerprint density at radius 2 is 1.79 bits per heavy atom. The number of sulfonamides is 1. The summed E-state index contributed by atoms with van der Waals surface area (Å²) in [6.45, 7) is -3.05. The van der Waals surface area contributed by atoms with Gasteiger partial charge < -0.3 is 0 Å². The molecule has 16 heteroatoms. The fourth-order valence-corrected chi connectivity index (χ4v) is 8.89. The molecule has 0 amide bonds. The third-order valence-electron chi connectivity index (χ3n) is 9.58. The molecule has 2 fully saturated rings.